The van der Waals surface area contributed by atoms with Crippen LogP contribution in [0, 0.1) is 12.7 Å². The molecular formula is C22H14Cl2FN3O4S. The van der Waals surface area contributed by atoms with E-state index in [0.717, 1.165) is 5.56 Å². The second-order valence-electron chi connectivity index (χ2n) is 6.70. The molecule has 4 rings (SSSR count). The minimum absolute atomic E-state index is 0.0492. The molecule has 2 aromatic carbocycles. The number of nitrogens with zero attached hydrogens (tertiary/aromatic N) is 2. The van der Waals surface area contributed by atoms with Gasteiger partial charge in [-0.25, -0.2) is 14.2 Å². The first-order valence-electron chi connectivity index (χ1n) is 9.43. The van der Waals surface area contributed by atoms with Crippen LogP contribution < -0.4 is 5.32 Å². The molecule has 0 saturated carbocycles. The predicted molar refractivity (Wildman–Crippen MR) is 123 cm³/mol. The lowest BCUT2D eigenvalue weighted by molar-refractivity contribution is -0.119. The van der Waals surface area contributed by atoms with Gasteiger partial charge >= 0.3 is 5.97 Å². The lowest BCUT2D eigenvalue weighted by atomic mass is 10.1. The van der Waals surface area contributed by atoms with E-state index in [0.29, 0.717) is 15.8 Å². The summed E-state index contributed by atoms with van der Waals surface area (Å²) in [6.07, 6.45) is 0. The van der Waals surface area contributed by atoms with E-state index in [2.05, 4.69) is 15.5 Å². The molecule has 0 aliphatic rings. The number of carbonyl (C=O) groups excluding carboxylic acids is 2. The average molecular weight is 506 g/mol. The fraction of sp³-hybridized carbons (Fsp3) is 0.0909. The number of halogens is 3. The van der Waals surface area contributed by atoms with Crippen molar-refractivity contribution in [2.24, 2.45) is 0 Å². The van der Waals surface area contributed by atoms with Crippen molar-refractivity contribution < 1.29 is 23.2 Å². The minimum atomic E-state index is -0.908. The highest BCUT2D eigenvalue weighted by Gasteiger charge is 2.27. The highest BCUT2D eigenvalue weighted by molar-refractivity contribution is 7.14. The number of aromatic nitrogens is 2. The van der Waals surface area contributed by atoms with Crippen LogP contribution in [-0.2, 0) is 9.53 Å². The Hall–Kier alpha value is -3.27. The maximum atomic E-state index is 14.3. The third-order valence-corrected chi connectivity index (χ3v) is 5.90. The van der Waals surface area contributed by atoms with E-state index in [-0.39, 0.29) is 27.6 Å². The standard InChI is InChI=1S/C22H14Cl2FN3O4S/c1-11-18(20(28-32-11)19-14(24)7-4-8-15(19)25)21(30)31-9-17(29)27-22-26-16(10-33-22)12-5-2-3-6-13(12)23/h2-8,10H,9H2,1H3,(H,26,27,29). The Labute approximate surface area is 201 Å². The molecule has 0 fully saturated rings. The first-order valence-corrected chi connectivity index (χ1v) is 11.1. The molecule has 168 valence electrons. The largest absolute Gasteiger partial charge is 0.452 e. The molecule has 0 unspecified atom stereocenters. The Morgan fingerprint density at radius 3 is 2.67 bits per heavy atom. The number of hydrogen-bond donors (Lipinski definition) is 1. The summed E-state index contributed by atoms with van der Waals surface area (Å²) in [5.41, 5.74) is 1.01. The number of hydrogen-bond acceptors (Lipinski definition) is 7. The molecule has 11 heteroatoms. The summed E-state index contributed by atoms with van der Waals surface area (Å²) in [5.74, 6) is -2.10. The van der Waals surface area contributed by atoms with Gasteiger partial charge in [0.15, 0.2) is 11.7 Å². The maximum absolute atomic E-state index is 14.3. The minimum Gasteiger partial charge on any atom is -0.452 e. The molecule has 2 aromatic heterocycles. The predicted octanol–water partition coefficient (Wildman–Crippen LogP) is 6.01. The topological polar surface area (TPSA) is 94.3 Å². The molecule has 0 aliphatic heterocycles. The number of thiazole rings is 1. The van der Waals surface area contributed by atoms with Crippen LogP contribution in [0.3, 0.4) is 0 Å². The van der Waals surface area contributed by atoms with Crippen LogP contribution in [0.1, 0.15) is 16.1 Å². The van der Waals surface area contributed by atoms with Crippen molar-refractivity contribution in [3.8, 4) is 22.5 Å². The van der Waals surface area contributed by atoms with Gasteiger partial charge in [-0.1, -0.05) is 52.6 Å². The molecule has 1 N–H and O–H groups in total. The van der Waals surface area contributed by atoms with E-state index in [1.807, 2.05) is 12.1 Å². The maximum Gasteiger partial charge on any atom is 0.344 e. The number of aryl methyl sites for hydroxylation is 1. The van der Waals surface area contributed by atoms with Crippen LogP contribution in [0.2, 0.25) is 10.0 Å². The van der Waals surface area contributed by atoms with Crippen molar-refractivity contribution in [1.29, 1.82) is 0 Å². The van der Waals surface area contributed by atoms with Gasteiger partial charge in [-0.15, -0.1) is 11.3 Å². The lowest BCUT2D eigenvalue weighted by Gasteiger charge is -2.07. The van der Waals surface area contributed by atoms with Gasteiger partial charge < -0.3 is 9.26 Å². The summed E-state index contributed by atoms with van der Waals surface area (Å²) >= 11 is 13.4. The van der Waals surface area contributed by atoms with Crippen LogP contribution in [0.5, 0.6) is 0 Å². The summed E-state index contributed by atoms with van der Waals surface area (Å²) in [7, 11) is 0. The number of amides is 1. The van der Waals surface area contributed by atoms with Crippen LogP contribution in [0.4, 0.5) is 9.52 Å². The van der Waals surface area contributed by atoms with Crippen LogP contribution >= 0.6 is 34.5 Å². The lowest BCUT2D eigenvalue weighted by Crippen LogP contribution is -2.21. The van der Waals surface area contributed by atoms with Crippen LogP contribution in [-0.4, -0.2) is 28.6 Å². The molecular weight excluding hydrogens is 492 g/mol. The Balaban J connectivity index is 1.44. The van der Waals surface area contributed by atoms with Crippen molar-refractivity contribution in [2.45, 2.75) is 6.92 Å². The highest BCUT2D eigenvalue weighted by atomic mass is 35.5. The third kappa shape index (κ3) is 4.90. The monoisotopic (exact) mass is 505 g/mol. The third-order valence-electron chi connectivity index (χ3n) is 4.50. The van der Waals surface area contributed by atoms with Gasteiger partial charge in [0.2, 0.25) is 0 Å². The van der Waals surface area contributed by atoms with E-state index in [1.165, 1.54) is 36.5 Å². The van der Waals surface area contributed by atoms with Gasteiger partial charge in [0, 0.05) is 16.0 Å². The van der Waals surface area contributed by atoms with Crippen molar-refractivity contribution in [3.05, 3.63) is 75.0 Å². The summed E-state index contributed by atoms with van der Waals surface area (Å²) in [5, 5.41) is 8.94. The number of anilines is 1. The van der Waals surface area contributed by atoms with Crippen LogP contribution in [0.25, 0.3) is 22.5 Å². The van der Waals surface area contributed by atoms with E-state index >= 15 is 0 Å². The number of carbonyl (C=O) groups is 2. The molecule has 0 bridgehead atoms. The number of ether oxygens (including phenoxy) is 1. The molecule has 33 heavy (non-hydrogen) atoms. The molecule has 0 atom stereocenters. The summed E-state index contributed by atoms with van der Waals surface area (Å²) in [4.78, 5) is 29.2. The van der Waals surface area contributed by atoms with Crippen molar-refractivity contribution in [1.82, 2.24) is 10.1 Å². The van der Waals surface area contributed by atoms with E-state index in [9.17, 15) is 14.0 Å². The Morgan fingerprint density at radius 1 is 1.15 bits per heavy atom. The zero-order chi connectivity index (χ0) is 23.5. The van der Waals surface area contributed by atoms with Crippen molar-refractivity contribution in [3.63, 3.8) is 0 Å². The van der Waals surface area contributed by atoms with Crippen molar-refractivity contribution >= 4 is 51.5 Å². The zero-order valence-electron chi connectivity index (χ0n) is 16.9. The van der Waals surface area contributed by atoms with E-state index in [4.69, 9.17) is 32.5 Å². The molecule has 2 heterocycles. The van der Waals surface area contributed by atoms with Gasteiger partial charge in [-0.05, 0) is 25.1 Å². The zero-order valence-corrected chi connectivity index (χ0v) is 19.2. The number of esters is 1. The summed E-state index contributed by atoms with van der Waals surface area (Å²) in [6, 6.07) is 11.2. The highest BCUT2D eigenvalue weighted by Crippen LogP contribution is 2.34. The molecule has 7 nitrogen and oxygen atoms in total. The van der Waals surface area contributed by atoms with Gasteiger partial charge in [0.1, 0.15) is 22.8 Å². The summed E-state index contributed by atoms with van der Waals surface area (Å²) < 4.78 is 24.4. The molecule has 0 spiro atoms. The number of nitrogens with one attached hydrogen (secondary N) is 1. The fourth-order valence-corrected chi connectivity index (χ4v) is 4.20. The Bertz CT molecular complexity index is 1330. The summed E-state index contributed by atoms with van der Waals surface area (Å²) in [6.45, 7) is 0.864. The molecule has 4 aromatic rings. The van der Waals surface area contributed by atoms with Crippen LogP contribution in [0.15, 0.2) is 52.4 Å². The number of benzene rings is 2. The Kier molecular flexibility index (Phi) is 6.73. The van der Waals surface area contributed by atoms with Crippen molar-refractivity contribution in [2.75, 3.05) is 11.9 Å². The van der Waals surface area contributed by atoms with Gasteiger partial charge in [-0.3, -0.25) is 10.1 Å². The van der Waals surface area contributed by atoms with E-state index < -0.39 is 24.3 Å². The Morgan fingerprint density at radius 2 is 1.91 bits per heavy atom. The molecule has 1 amide bonds. The smallest absolute Gasteiger partial charge is 0.344 e. The average Bonchev–Trinajstić information content (AvgIpc) is 3.39. The fourth-order valence-electron chi connectivity index (χ4n) is 2.99. The SMILES string of the molecule is Cc1onc(-c2c(F)cccc2Cl)c1C(=O)OCC(=O)Nc1nc(-c2ccccc2Cl)cs1. The number of rotatable bonds is 6. The van der Waals surface area contributed by atoms with Gasteiger partial charge in [0.05, 0.1) is 16.3 Å². The molecule has 0 radical (unpaired) electrons. The van der Waals surface area contributed by atoms with Gasteiger partial charge in [-0.2, -0.15) is 0 Å². The van der Waals surface area contributed by atoms with Gasteiger partial charge in [0.25, 0.3) is 5.91 Å². The first-order chi connectivity index (χ1) is 15.8. The van der Waals surface area contributed by atoms with E-state index in [1.54, 1.807) is 17.5 Å². The molecule has 0 saturated heterocycles. The first kappa shape index (κ1) is 22.9. The second kappa shape index (κ2) is 9.70. The molecule has 0 aliphatic carbocycles. The normalized spacial score (nSPS) is 10.8. The second-order valence-corrected chi connectivity index (χ2v) is 8.37. The quantitative estimate of drug-likeness (QED) is 0.322.